The molecule has 0 aromatic rings. The van der Waals surface area contributed by atoms with Gasteiger partial charge in [0.15, 0.2) is 16.6 Å². The van der Waals surface area contributed by atoms with Crippen molar-refractivity contribution in [1.82, 2.24) is 0 Å². The summed E-state index contributed by atoms with van der Waals surface area (Å²) >= 11 is 0. The number of fused-ring (bicyclic) bond motifs is 1. The van der Waals surface area contributed by atoms with Gasteiger partial charge in [-0.25, -0.2) is 0 Å². The van der Waals surface area contributed by atoms with Gasteiger partial charge in [-0.05, 0) is 130 Å². The summed E-state index contributed by atoms with van der Waals surface area (Å²) in [6.07, 6.45) is 22.6. The van der Waals surface area contributed by atoms with Gasteiger partial charge in [0.05, 0.1) is 23.7 Å². The Kier molecular flexibility index (Phi) is 12.8. The number of carbonyl (C=O) groups is 1. The second kappa shape index (κ2) is 15.3. The molecule has 0 spiro atoms. The van der Waals surface area contributed by atoms with Crippen LogP contribution >= 0.6 is 0 Å². The Morgan fingerprint density at radius 3 is 2.00 bits per heavy atom. The number of ketones is 1. The van der Waals surface area contributed by atoms with Crippen molar-refractivity contribution in [2.75, 3.05) is 0 Å². The van der Waals surface area contributed by atoms with Gasteiger partial charge in [0, 0.05) is 6.42 Å². The van der Waals surface area contributed by atoms with E-state index in [1.54, 1.807) is 5.57 Å². The predicted octanol–water partition coefficient (Wildman–Crippen LogP) is 12.1. The van der Waals surface area contributed by atoms with Crippen molar-refractivity contribution < 1.29 is 18.8 Å². The third kappa shape index (κ3) is 9.23. The molecule has 0 aromatic heterocycles. The lowest BCUT2D eigenvalue weighted by atomic mass is 9.61. The van der Waals surface area contributed by atoms with Gasteiger partial charge in [-0.3, -0.25) is 4.79 Å². The maximum absolute atomic E-state index is 12.9. The van der Waals surface area contributed by atoms with Crippen LogP contribution in [0.1, 0.15) is 146 Å². The summed E-state index contributed by atoms with van der Waals surface area (Å²) in [6, 6.07) is 0. The van der Waals surface area contributed by atoms with Crippen molar-refractivity contribution in [2.45, 2.75) is 200 Å². The van der Waals surface area contributed by atoms with E-state index < -0.39 is 28.2 Å². The zero-order valence-corrected chi connectivity index (χ0v) is 36.1. The van der Waals surface area contributed by atoms with Gasteiger partial charge in [-0.15, -0.1) is 0 Å². The third-order valence-corrected chi connectivity index (χ3v) is 23.6. The zero-order chi connectivity index (χ0) is 36.6. The average molecular weight is 713 g/mol. The smallest absolute Gasteiger partial charge is 0.192 e. The highest BCUT2D eigenvalue weighted by Crippen LogP contribution is 2.60. The molecule has 6 heteroatoms. The molecular formula is C43H76O4Si2. The second-order valence-electron chi connectivity index (χ2n) is 20.2. The third-order valence-electron chi connectivity index (χ3n) is 14.5. The molecule has 1 N–H and O–H groups in total. The maximum atomic E-state index is 12.9. The van der Waals surface area contributed by atoms with Gasteiger partial charge in [0.25, 0.3) is 0 Å². The topological polar surface area (TPSA) is 55.8 Å². The van der Waals surface area contributed by atoms with Crippen LogP contribution in [0, 0.1) is 28.6 Å². The Bertz CT molecular complexity index is 1210. The molecule has 0 heterocycles. The van der Waals surface area contributed by atoms with E-state index in [4.69, 9.17) is 8.85 Å². The average Bonchev–Trinajstić information content (AvgIpc) is 3.72. The second-order valence-corrected chi connectivity index (χ2v) is 29.7. The number of hydrogen-bond acceptors (Lipinski definition) is 4. The summed E-state index contributed by atoms with van der Waals surface area (Å²) in [7, 11) is -3.81. The Morgan fingerprint density at radius 2 is 1.49 bits per heavy atom. The molecule has 0 radical (unpaired) electrons. The van der Waals surface area contributed by atoms with Gasteiger partial charge in [-0.1, -0.05) is 104 Å². The molecule has 49 heavy (non-hydrogen) atoms. The van der Waals surface area contributed by atoms with Gasteiger partial charge < -0.3 is 14.0 Å². The molecular weight excluding hydrogens is 637 g/mol. The molecule has 4 fully saturated rings. The molecule has 4 aliphatic carbocycles. The van der Waals surface area contributed by atoms with Crippen LogP contribution in [-0.4, -0.2) is 45.8 Å². The Balaban J connectivity index is 1.50. The predicted molar refractivity (Wildman–Crippen MR) is 213 cm³/mol. The van der Waals surface area contributed by atoms with E-state index in [1.807, 2.05) is 6.08 Å². The van der Waals surface area contributed by atoms with E-state index in [9.17, 15) is 9.90 Å². The number of aliphatic hydroxyl groups is 1. The van der Waals surface area contributed by atoms with Crippen molar-refractivity contribution in [3.63, 3.8) is 0 Å². The van der Waals surface area contributed by atoms with Crippen molar-refractivity contribution in [3.8, 4) is 0 Å². The monoisotopic (exact) mass is 713 g/mol. The number of Topliss-reactive ketones (excluding diaryl/α,β-unsaturated/α-hetero) is 1. The van der Waals surface area contributed by atoms with Crippen LogP contribution in [-0.2, 0) is 13.6 Å². The first-order valence-electron chi connectivity index (χ1n) is 20.2. The van der Waals surface area contributed by atoms with Crippen LogP contribution < -0.4 is 0 Å². The Labute approximate surface area is 304 Å². The van der Waals surface area contributed by atoms with E-state index in [0.717, 1.165) is 44.9 Å². The van der Waals surface area contributed by atoms with Gasteiger partial charge in [0.2, 0.25) is 0 Å². The SMILES string of the molecule is CCCCC(=O)C1([C@@H](O)C=C[C@@H](C)[C@H]2CC[C@H]3C(=CC=C4C[C@@H](O[Si](C)(C)C(C)(C)C)C[C@H](O[Si](C)(C)C(C)(C)C)C4)CCC[C@]23C)CC1. The van der Waals surface area contributed by atoms with E-state index in [1.165, 1.54) is 37.7 Å². The first-order chi connectivity index (χ1) is 22.6. The van der Waals surface area contributed by atoms with Crippen molar-refractivity contribution >= 4 is 22.4 Å². The minimum atomic E-state index is -1.91. The number of hydrogen-bond donors (Lipinski definition) is 1. The van der Waals surface area contributed by atoms with Crippen LogP contribution in [0.5, 0.6) is 0 Å². The zero-order valence-electron chi connectivity index (χ0n) is 34.1. The first-order valence-corrected chi connectivity index (χ1v) is 26.0. The fraction of sp³-hybridized carbons (Fsp3) is 0.837. The summed E-state index contributed by atoms with van der Waals surface area (Å²) in [5.74, 6) is 1.89. The van der Waals surface area contributed by atoms with Crippen LogP contribution in [0.25, 0.3) is 0 Å². The number of unbranched alkanes of at least 4 members (excludes halogenated alkanes) is 1. The highest BCUT2D eigenvalue weighted by atomic mass is 28.4. The largest absolute Gasteiger partial charge is 0.414 e. The lowest BCUT2D eigenvalue weighted by Crippen LogP contribution is -2.48. The van der Waals surface area contributed by atoms with Gasteiger partial charge in [0.1, 0.15) is 5.78 Å². The summed E-state index contributed by atoms with van der Waals surface area (Å²) < 4.78 is 14.2. The van der Waals surface area contributed by atoms with E-state index >= 15 is 0 Å². The minimum Gasteiger partial charge on any atom is -0.414 e. The van der Waals surface area contributed by atoms with Crippen LogP contribution in [0.2, 0.25) is 36.3 Å². The molecule has 280 valence electrons. The molecule has 0 unspecified atom stereocenters. The van der Waals surface area contributed by atoms with Crippen molar-refractivity contribution in [1.29, 1.82) is 0 Å². The minimum absolute atomic E-state index is 0.188. The van der Waals surface area contributed by atoms with Gasteiger partial charge >= 0.3 is 0 Å². The highest BCUT2D eigenvalue weighted by molar-refractivity contribution is 6.74. The molecule has 4 rings (SSSR count). The Hall–Kier alpha value is -0.796. The molecule has 4 saturated carbocycles. The molecule has 7 atom stereocenters. The fourth-order valence-corrected chi connectivity index (χ4v) is 11.8. The molecule has 4 aliphatic rings. The lowest BCUT2D eigenvalue weighted by molar-refractivity contribution is -0.127. The quantitative estimate of drug-likeness (QED) is 0.153. The van der Waals surface area contributed by atoms with E-state index in [-0.39, 0.29) is 33.5 Å². The molecule has 0 saturated heterocycles. The molecule has 0 amide bonds. The lowest BCUT2D eigenvalue weighted by Gasteiger charge is -2.45. The first kappa shape index (κ1) is 41.0. The number of carbonyl (C=O) groups excluding carboxylic acids is 1. The van der Waals surface area contributed by atoms with Crippen molar-refractivity contribution in [3.05, 3.63) is 35.5 Å². The van der Waals surface area contributed by atoms with Crippen LogP contribution in [0.4, 0.5) is 0 Å². The normalized spacial score (nSPS) is 31.6. The fourth-order valence-electron chi connectivity index (χ4n) is 9.06. The summed E-state index contributed by atoms with van der Waals surface area (Å²) in [5.41, 5.74) is 2.93. The van der Waals surface area contributed by atoms with Crippen molar-refractivity contribution in [2.24, 2.45) is 28.6 Å². The highest BCUT2D eigenvalue weighted by Gasteiger charge is 2.54. The molecule has 0 aliphatic heterocycles. The van der Waals surface area contributed by atoms with Crippen LogP contribution in [0.15, 0.2) is 35.5 Å². The van der Waals surface area contributed by atoms with E-state index in [2.05, 4.69) is 107 Å². The van der Waals surface area contributed by atoms with E-state index in [0.29, 0.717) is 24.2 Å². The number of aliphatic hydroxyl groups excluding tert-OH is 1. The molecule has 4 nitrogen and oxygen atoms in total. The summed E-state index contributed by atoms with van der Waals surface area (Å²) in [5, 5.41) is 11.5. The van der Waals surface area contributed by atoms with Crippen LogP contribution in [0.3, 0.4) is 0 Å². The number of allylic oxidation sites excluding steroid dienone is 4. The molecule has 0 bridgehead atoms. The standard InChI is InChI=1S/C43H76O4Si2/c1-14-15-18-38(44)43(26-27-43)39(45)24-19-31(2)36-22-23-37-33(17-16-25-42(36,37)9)21-20-32-28-34(46-48(10,11)40(3,4)5)30-35(29-32)47-49(12,13)41(6,7)8/h19-21,24,31,34-37,39,45H,14-18,22-23,25-30H2,1-13H3/t31-,34-,35-,36-,37+,39+,42-/m1/s1. The maximum Gasteiger partial charge on any atom is 0.192 e. The Morgan fingerprint density at radius 1 is 0.918 bits per heavy atom. The summed E-state index contributed by atoms with van der Waals surface area (Å²) in [6.45, 7) is 30.7. The summed E-state index contributed by atoms with van der Waals surface area (Å²) in [4.78, 5) is 12.9. The molecule has 0 aromatic carbocycles. The number of rotatable bonds is 13. The van der Waals surface area contributed by atoms with Gasteiger partial charge in [-0.2, -0.15) is 0 Å².